The minimum atomic E-state index is -0.339. The Hall–Kier alpha value is -0.390. The molecule has 5 heteroatoms. The fraction of sp³-hybridized carbons (Fsp3) is 0.545. The van der Waals surface area contributed by atoms with Gasteiger partial charge in [0.2, 0.25) is 0 Å². The Morgan fingerprint density at radius 3 is 2.69 bits per heavy atom. The van der Waals surface area contributed by atoms with Gasteiger partial charge in [-0.25, -0.2) is 0 Å². The molecule has 1 unspecified atom stereocenters. The van der Waals surface area contributed by atoms with Gasteiger partial charge in [0.25, 0.3) is 0 Å². The lowest BCUT2D eigenvalue weighted by Crippen LogP contribution is -2.32. The smallest absolute Gasteiger partial charge is 0.313 e. The first-order valence-electron chi connectivity index (χ1n) is 5.15. The molecule has 0 spiro atoms. The standard InChI is InChI=1S/C11H14BrNO2S/c1-13-9(7-3-4-8(12)16-7)11(5-6-11)10(14)15-2/h3-4,9,13H,5-6H2,1-2H3. The van der Waals surface area contributed by atoms with E-state index in [-0.39, 0.29) is 17.4 Å². The van der Waals surface area contributed by atoms with E-state index in [1.807, 2.05) is 13.1 Å². The van der Waals surface area contributed by atoms with Gasteiger partial charge in [-0.3, -0.25) is 4.79 Å². The molecule has 1 N–H and O–H groups in total. The number of halogens is 1. The van der Waals surface area contributed by atoms with E-state index in [0.29, 0.717) is 0 Å². The number of thiophene rings is 1. The molecule has 0 saturated heterocycles. The summed E-state index contributed by atoms with van der Waals surface area (Å²) in [5.41, 5.74) is -0.339. The lowest BCUT2D eigenvalue weighted by molar-refractivity contribution is -0.148. The Labute approximate surface area is 107 Å². The fourth-order valence-corrected chi connectivity index (χ4v) is 3.77. The first kappa shape index (κ1) is 12.1. The van der Waals surface area contributed by atoms with Crippen molar-refractivity contribution in [2.45, 2.75) is 18.9 Å². The molecule has 1 saturated carbocycles. The van der Waals surface area contributed by atoms with Gasteiger partial charge in [-0.15, -0.1) is 11.3 Å². The molecule has 1 fully saturated rings. The van der Waals surface area contributed by atoms with E-state index < -0.39 is 0 Å². The summed E-state index contributed by atoms with van der Waals surface area (Å²) in [7, 11) is 3.35. The molecule has 1 aliphatic carbocycles. The van der Waals surface area contributed by atoms with Crippen molar-refractivity contribution in [2.24, 2.45) is 5.41 Å². The first-order valence-corrected chi connectivity index (χ1v) is 6.76. The third-order valence-electron chi connectivity index (χ3n) is 3.10. The summed E-state index contributed by atoms with van der Waals surface area (Å²) in [6.45, 7) is 0. The summed E-state index contributed by atoms with van der Waals surface area (Å²) in [6, 6.07) is 4.13. The zero-order chi connectivity index (χ0) is 11.8. The summed E-state index contributed by atoms with van der Waals surface area (Å²) in [5, 5.41) is 3.24. The first-order chi connectivity index (χ1) is 7.64. The number of rotatable bonds is 4. The summed E-state index contributed by atoms with van der Waals surface area (Å²) in [5.74, 6) is -0.101. The fourth-order valence-electron chi connectivity index (χ4n) is 2.12. The van der Waals surface area contributed by atoms with Gasteiger partial charge in [0, 0.05) is 4.88 Å². The highest BCUT2D eigenvalue weighted by molar-refractivity contribution is 9.11. The lowest BCUT2D eigenvalue weighted by Gasteiger charge is -2.23. The SMILES string of the molecule is CNC(c1ccc(Br)s1)C1(C(=O)OC)CC1. The van der Waals surface area contributed by atoms with Crippen LogP contribution in [0.5, 0.6) is 0 Å². The van der Waals surface area contributed by atoms with Crippen LogP contribution >= 0.6 is 27.3 Å². The minimum absolute atomic E-state index is 0.0660. The number of ether oxygens (including phenoxy) is 1. The summed E-state index contributed by atoms with van der Waals surface area (Å²) in [6.07, 6.45) is 1.81. The maximum absolute atomic E-state index is 11.8. The van der Waals surface area contributed by atoms with E-state index in [1.165, 1.54) is 12.0 Å². The maximum atomic E-state index is 11.8. The van der Waals surface area contributed by atoms with E-state index in [9.17, 15) is 4.79 Å². The molecule has 0 radical (unpaired) electrons. The van der Waals surface area contributed by atoms with Crippen molar-refractivity contribution in [3.05, 3.63) is 20.8 Å². The van der Waals surface area contributed by atoms with E-state index in [0.717, 1.165) is 16.6 Å². The topological polar surface area (TPSA) is 38.3 Å². The Morgan fingerprint density at radius 1 is 1.62 bits per heavy atom. The van der Waals surface area contributed by atoms with Gasteiger partial charge in [0.05, 0.1) is 22.4 Å². The van der Waals surface area contributed by atoms with Gasteiger partial charge < -0.3 is 10.1 Å². The van der Waals surface area contributed by atoms with Gasteiger partial charge in [-0.2, -0.15) is 0 Å². The van der Waals surface area contributed by atoms with E-state index in [1.54, 1.807) is 11.3 Å². The summed E-state index contributed by atoms with van der Waals surface area (Å²) in [4.78, 5) is 13.0. The second-order valence-electron chi connectivity index (χ2n) is 4.01. The third kappa shape index (κ3) is 1.92. The minimum Gasteiger partial charge on any atom is -0.469 e. The molecule has 1 aliphatic rings. The quantitative estimate of drug-likeness (QED) is 0.869. The van der Waals surface area contributed by atoms with Crippen LogP contribution in [0.4, 0.5) is 0 Å². The predicted octanol–water partition coefficient (Wildman–Crippen LogP) is 2.72. The number of hydrogen-bond acceptors (Lipinski definition) is 4. The molecular weight excluding hydrogens is 290 g/mol. The van der Waals surface area contributed by atoms with Crippen molar-refractivity contribution in [1.82, 2.24) is 5.32 Å². The van der Waals surface area contributed by atoms with Crippen molar-refractivity contribution in [3.8, 4) is 0 Å². The highest BCUT2D eigenvalue weighted by Crippen LogP contribution is 2.56. The molecule has 0 aliphatic heterocycles. The molecule has 0 aromatic carbocycles. The molecule has 0 amide bonds. The number of carbonyl (C=O) groups excluding carboxylic acids is 1. The highest BCUT2D eigenvalue weighted by atomic mass is 79.9. The van der Waals surface area contributed by atoms with Crippen LogP contribution in [0, 0.1) is 5.41 Å². The number of methoxy groups -OCH3 is 1. The molecule has 3 nitrogen and oxygen atoms in total. The molecule has 0 bridgehead atoms. The molecule has 1 heterocycles. The van der Waals surface area contributed by atoms with E-state index in [4.69, 9.17) is 4.74 Å². The zero-order valence-corrected chi connectivity index (χ0v) is 11.7. The predicted molar refractivity (Wildman–Crippen MR) is 67.5 cm³/mol. The summed E-state index contributed by atoms with van der Waals surface area (Å²) < 4.78 is 5.99. The van der Waals surface area contributed by atoms with Crippen molar-refractivity contribution in [2.75, 3.05) is 14.2 Å². The van der Waals surface area contributed by atoms with Gasteiger partial charge in [-0.1, -0.05) is 0 Å². The number of esters is 1. The average molecular weight is 304 g/mol. The number of hydrogen-bond donors (Lipinski definition) is 1. The largest absolute Gasteiger partial charge is 0.469 e. The van der Waals surface area contributed by atoms with Crippen LogP contribution in [0.3, 0.4) is 0 Å². The van der Waals surface area contributed by atoms with Crippen LogP contribution in [0.1, 0.15) is 23.8 Å². The van der Waals surface area contributed by atoms with Crippen LogP contribution in [-0.2, 0) is 9.53 Å². The van der Waals surface area contributed by atoms with Crippen molar-refractivity contribution < 1.29 is 9.53 Å². The molecule has 1 atom stereocenters. The normalized spacial score (nSPS) is 19.2. The molecule has 16 heavy (non-hydrogen) atoms. The van der Waals surface area contributed by atoms with Crippen LogP contribution in [-0.4, -0.2) is 20.1 Å². The van der Waals surface area contributed by atoms with Crippen molar-refractivity contribution in [1.29, 1.82) is 0 Å². The van der Waals surface area contributed by atoms with E-state index >= 15 is 0 Å². The van der Waals surface area contributed by atoms with Crippen LogP contribution in [0.2, 0.25) is 0 Å². The Morgan fingerprint density at radius 2 is 2.31 bits per heavy atom. The van der Waals surface area contributed by atoms with Gasteiger partial charge >= 0.3 is 5.97 Å². The van der Waals surface area contributed by atoms with Crippen molar-refractivity contribution in [3.63, 3.8) is 0 Å². The second kappa shape index (κ2) is 4.47. The average Bonchev–Trinajstić information content (AvgIpc) is 2.97. The van der Waals surface area contributed by atoms with Gasteiger partial charge in [0.15, 0.2) is 0 Å². The number of nitrogens with one attached hydrogen (secondary N) is 1. The Kier molecular flexibility index (Phi) is 3.37. The zero-order valence-electron chi connectivity index (χ0n) is 9.25. The van der Waals surface area contributed by atoms with Crippen LogP contribution < -0.4 is 5.32 Å². The van der Waals surface area contributed by atoms with Crippen LogP contribution in [0.15, 0.2) is 15.9 Å². The monoisotopic (exact) mass is 303 g/mol. The Bertz CT molecular complexity index is 400. The van der Waals surface area contributed by atoms with Gasteiger partial charge in [0.1, 0.15) is 0 Å². The van der Waals surface area contributed by atoms with E-state index in [2.05, 4.69) is 27.3 Å². The summed E-state index contributed by atoms with van der Waals surface area (Å²) >= 11 is 5.11. The second-order valence-corrected chi connectivity index (χ2v) is 6.51. The maximum Gasteiger partial charge on any atom is 0.313 e. The molecule has 1 aromatic heterocycles. The lowest BCUT2D eigenvalue weighted by atomic mass is 9.95. The third-order valence-corrected chi connectivity index (χ3v) is 4.79. The van der Waals surface area contributed by atoms with Crippen LogP contribution in [0.25, 0.3) is 0 Å². The highest BCUT2D eigenvalue weighted by Gasteiger charge is 2.57. The Balaban J connectivity index is 2.26. The molecule has 1 aromatic rings. The van der Waals surface area contributed by atoms with Gasteiger partial charge in [-0.05, 0) is 48.0 Å². The molecule has 88 valence electrons. The molecule has 2 rings (SSSR count). The van der Waals surface area contributed by atoms with Crippen molar-refractivity contribution >= 4 is 33.2 Å². The number of carbonyl (C=O) groups is 1. The molecular formula is C11H14BrNO2S.